The molecule has 0 aromatic carbocycles. The number of amides is 1. The molecular weight excluding hydrogens is 374 g/mol. The number of carboxylic acid groups (broad SMARTS) is 1. The van der Waals surface area contributed by atoms with Crippen LogP contribution in [0.5, 0.6) is 0 Å². The second kappa shape index (κ2) is 8.80. The summed E-state index contributed by atoms with van der Waals surface area (Å²) < 4.78 is 13.4. The molecule has 1 saturated carbocycles. The largest absolute Gasteiger partial charge is 0.465 e. The monoisotopic (exact) mass is 407 g/mol. The Balaban J connectivity index is 1.91. The molecule has 1 aromatic rings. The summed E-state index contributed by atoms with van der Waals surface area (Å²) >= 11 is 0. The van der Waals surface area contributed by atoms with E-state index in [1.807, 2.05) is 6.07 Å². The highest BCUT2D eigenvalue weighted by Crippen LogP contribution is 2.46. The highest BCUT2D eigenvalue weighted by atomic mass is 28.4. The van der Waals surface area contributed by atoms with E-state index in [9.17, 15) is 9.90 Å². The van der Waals surface area contributed by atoms with Crippen molar-refractivity contribution in [3.63, 3.8) is 0 Å². The summed E-state index contributed by atoms with van der Waals surface area (Å²) in [7, 11) is -1.92. The van der Waals surface area contributed by atoms with Gasteiger partial charge in [-0.25, -0.2) is 4.79 Å². The minimum absolute atomic E-state index is 0.111. The van der Waals surface area contributed by atoms with Gasteiger partial charge in [0.05, 0.1) is 36.2 Å². The number of pyridine rings is 1. The van der Waals surface area contributed by atoms with Crippen LogP contribution < -0.4 is 11.1 Å². The summed E-state index contributed by atoms with van der Waals surface area (Å²) in [5.41, 5.74) is 7.59. The van der Waals surface area contributed by atoms with Crippen LogP contribution in [0.1, 0.15) is 51.7 Å². The van der Waals surface area contributed by atoms with Gasteiger partial charge >= 0.3 is 6.09 Å². The maximum atomic E-state index is 11.6. The van der Waals surface area contributed by atoms with Crippen LogP contribution in [0.2, 0.25) is 18.1 Å². The normalized spacial score (nSPS) is 28.1. The topological polar surface area (TPSA) is 107 Å². The molecule has 28 heavy (non-hydrogen) atoms. The molecule has 0 unspecified atom stereocenters. The molecule has 8 heteroatoms. The molecule has 2 fully saturated rings. The number of nitrogens with one attached hydrogen (secondary N) is 1. The first-order valence-electron chi connectivity index (χ1n) is 10.4. The maximum absolute atomic E-state index is 11.6. The Kier molecular flexibility index (Phi) is 6.62. The van der Waals surface area contributed by atoms with Gasteiger partial charge in [-0.1, -0.05) is 20.8 Å². The number of hydrogen-bond donors (Lipinski definition) is 3. The van der Waals surface area contributed by atoms with Crippen LogP contribution in [-0.4, -0.2) is 42.8 Å². The molecule has 2 heterocycles. The summed E-state index contributed by atoms with van der Waals surface area (Å²) in [5.74, 6) is 0.422. The molecule has 1 aliphatic heterocycles. The van der Waals surface area contributed by atoms with Crippen LogP contribution in [0, 0.1) is 5.92 Å². The fourth-order valence-electron chi connectivity index (χ4n) is 4.37. The zero-order valence-electron chi connectivity index (χ0n) is 17.1. The summed E-state index contributed by atoms with van der Waals surface area (Å²) in [4.78, 5) is 15.6. The van der Waals surface area contributed by atoms with Crippen LogP contribution in [0.4, 0.5) is 10.5 Å². The average molecular weight is 408 g/mol. The highest BCUT2D eigenvalue weighted by Gasteiger charge is 2.50. The molecule has 0 radical (unpaired) electrons. The third-order valence-electron chi connectivity index (χ3n) is 6.46. The predicted molar refractivity (Wildman–Crippen MR) is 111 cm³/mol. The van der Waals surface area contributed by atoms with E-state index in [1.54, 1.807) is 12.4 Å². The number of nitrogen functional groups attached to an aromatic ring is 1. The van der Waals surface area contributed by atoms with E-state index in [0.717, 1.165) is 36.5 Å². The van der Waals surface area contributed by atoms with E-state index in [1.165, 1.54) is 0 Å². The summed E-state index contributed by atoms with van der Waals surface area (Å²) in [5, 5.41) is 12.2. The van der Waals surface area contributed by atoms with Crippen LogP contribution >= 0.6 is 0 Å². The van der Waals surface area contributed by atoms with Gasteiger partial charge in [-0.05, 0) is 43.0 Å². The minimum atomic E-state index is -1.92. The molecule has 2 aliphatic rings. The lowest BCUT2D eigenvalue weighted by Gasteiger charge is -2.46. The highest BCUT2D eigenvalue weighted by molar-refractivity contribution is 6.73. The van der Waals surface area contributed by atoms with E-state index in [4.69, 9.17) is 14.9 Å². The van der Waals surface area contributed by atoms with Crippen LogP contribution in [0.25, 0.3) is 0 Å². The smallest absolute Gasteiger partial charge is 0.404 e. The third kappa shape index (κ3) is 4.50. The van der Waals surface area contributed by atoms with Gasteiger partial charge in [0.25, 0.3) is 0 Å². The molecule has 4 atom stereocenters. The van der Waals surface area contributed by atoms with Crippen LogP contribution in [0.3, 0.4) is 0 Å². The van der Waals surface area contributed by atoms with Crippen LogP contribution in [-0.2, 0) is 9.16 Å². The summed E-state index contributed by atoms with van der Waals surface area (Å²) in [6.45, 7) is 6.57. The number of rotatable bonds is 8. The van der Waals surface area contributed by atoms with Crippen molar-refractivity contribution in [1.29, 1.82) is 0 Å². The second-order valence-corrected chi connectivity index (χ2v) is 12.8. The number of aromatic nitrogens is 1. The quantitative estimate of drug-likeness (QED) is 0.564. The van der Waals surface area contributed by atoms with Crippen molar-refractivity contribution in [3.8, 4) is 0 Å². The Bertz CT molecular complexity index is 673. The van der Waals surface area contributed by atoms with E-state index in [0.29, 0.717) is 18.0 Å². The fourth-order valence-corrected chi connectivity index (χ4v) is 7.24. The summed E-state index contributed by atoms with van der Waals surface area (Å²) in [6.07, 6.45) is 4.40. The predicted octanol–water partition coefficient (Wildman–Crippen LogP) is 3.93. The Morgan fingerprint density at radius 3 is 2.57 bits per heavy atom. The van der Waals surface area contributed by atoms with Gasteiger partial charge in [0, 0.05) is 18.2 Å². The Hall–Kier alpha value is -1.64. The summed E-state index contributed by atoms with van der Waals surface area (Å²) in [6, 6.07) is 4.62. The lowest BCUT2D eigenvalue weighted by atomic mass is 9.90. The van der Waals surface area contributed by atoms with Crippen LogP contribution in [0.15, 0.2) is 18.5 Å². The van der Waals surface area contributed by atoms with Crippen molar-refractivity contribution in [2.75, 3.05) is 5.73 Å². The van der Waals surface area contributed by atoms with Gasteiger partial charge in [0.15, 0.2) is 8.32 Å². The molecule has 1 aromatic heterocycles. The zero-order valence-corrected chi connectivity index (χ0v) is 18.1. The average Bonchev–Trinajstić information content (AvgIpc) is 3.52. The molecule has 7 nitrogen and oxygen atoms in total. The molecule has 0 spiro atoms. The number of nitrogens with two attached hydrogens (primary N) is 1. The molecular formula is C20H33N3O4Si. The van der Waals surface area contributed by atoms with Crippen molar-refractivity contribution >= 4 is 20.1 Å². The molecule has 156 valence electrons. The van der Waals surface area contributed by atoms with Crippen molar-refractivity contribution in [2.45, 2.75) is 82.5 Å². The van der Waals surface area contributed by atoms with Gasteiger partial charge in [-0.3, -0.25) is 4.98 Å². The van der Waals surface area contributed by atoms with Crippen molar-refractivity contribution in [2.24, 2.45) is 5.92 Å². The van der Waals surface area contributed by atoms with Gasteiger partial charge in [0.1, 0.15) is 0 Å². The SMILES string of the molecule is CC[Si](CC)(CC)O[C@@H]1[C@@H](NC(=O)O)C[C@@H](c2ccncc2N)O[C@H]1C1CC1. The number of ether oxygens (including phenoxy) is 1. The molecule has 4 N–H and O–H groups in total. The van der Waals surface area contributed by atoms with E-state index >= 15 is 0 Å². The van der Waals surface area contributed by atoms with Crippen molar-refractivity contribution < 1.29 is 19.1 Å². The minimum Gasteiger partial charge on any atom is -0.465 e. The standard InChI is InChI=1S/C20H33N3O4Si/c1-4-28(5-2,6-3)27-19-16(23-20(24)25)11-17(26-18(19)13-7-8-13)14-9-10-22-12-15(14)21/h9-10,12-13,16-19,23H,4-8,11,21H2,1-3H3,(H,24,25)/t16-,17-,18-,19+/m0/s1. The number of anilines is 1. The lowest BCUT2D eigenvalue weighted by molar-refractivity contribution is -0.135. The lowest BCUT2D eigenvalue weighted by Crippen LogP contribution is -2.59. The van der Waals surface area contributed by atoms with E-state index in [-0.39, 0.29) is 24.4 Å². The van der Waals surface area contributed by atoms with Gasteiger partial charge in [-0.2, -0.15) is 0 Å². The van der Waals surface area contributed by atoms with Crippen molar-refractivity contribution in [3.05, 3.63) is 24.0 Å². The first-order valence-corrected chi connectivity index (χ1v) is 13.0. The van der Waals surface area contributed by atoms with Gasteiger partial charge < -0.3 is 25.3 Å². The Morgan fingerprint density at radius 1 is 1.36 bits per heavy atom. The zero-order chi connectivity index (χ0) is 20.3. The van der Waals surface area contributed by atoms with E-state index in [2.05, 4.69) is 31.1 Å². The number of carbonyl (C=O) groups is 1. The first-order chi connectivity index (χ1) is 13.4. The molecule has 1 aliphatic carbocycles. The molecule has 1 saturated heterocycles. The van der Waals surface area contributed by atoms with Gasteiger partial charge in [-0.15, -0.1) is 0 Å². The molecule has 3 rings (SSSR count). The number of hydrogen-bond acceptors (Lipinski definition) is 5. The molecule has 1 amide bonds. The maximum Gasteiger partial charge on any atom is 0.404 e. The fraction of sp³-hybridized carbons (Fsp3) is 0.700. The Morgan fingerprint density at radius 2 is 2.04 bits per heavy atom. The first kappa shape index (κ1) is 21.1. The Labute approximate surface area is 168 Å². The van der Waals surface area contributed by atoms with E-state index < -0.39 is 14.4 Å². The second-order valence-electron chi connectivity index (χ2n) is 8.05. The van der Waals surface area contributed by atoms with Crippen molar-refractivity contribution in [1.82, 2.24) is 10.3 Å². The van der Waals surface area contributed by atoms with Gasteiger partial charge in [0.2, 0.25) is 0 Å². The number of nitrogens with zero attached hydrogens (tertiary/aromatic N) is 1. The third-order valence-corrected chi connectivity index (χ3v) is 11.1. The molecule has 0 bridgehead atoms.